The molecule has 0 spiro atoms. The number of anilines is 1. The maximum atomic E-state index is 6.11. The normalized spacial score (nSPS) is 21.5. The Morgan fingerprint density at radius 3 is 2.32 bits per heavy atom. The molecule has 19 heavy (non-hydrogen) atoms. The first-order valence-corrected chi connectivity index (χ1v) is 6.84. The van der Waals surface area contributed by atoms with E-state index in [4.69, 9.17) is 10.5 Å². The largest absolute Gasteiger partial charge is 0.366 e. The number of aromatic nitrogens is 1. The molecule has 0 aliphatic carbocycles. The van der Waals surface area contributed by atoms with Crippen LogP contribution in [0.2, 0.25) is 0 Å². The Balaban J connectivity index is 2.33. The van der Waals surface area contributed by atoms with Crippen molar-refractivity contribution in [2.24, 2.45) is 5.73 Å². The first kappa shape index (κ1) is 14.3. The second-order valence-corrected chi connectivity index (χ2v) is 6.66. The molecule has 0 aromatic carbocycles. The monoisotopic (exact) mass is 263 g/mol. The second kappa shape index (κ2) is 4.76. The van der Waals surface area contributed by atoms with Crippen LogP contribution >= 0.6 is 0 Å². The number of morpholine rings is 1. The van der Waals surface area contributed by atoms with Gasteiger partial charge in [0.15, 0.2) is 0 Å². The number of rotatable bonds is 2. The molecule has 0 amide bonds. The summed E-state index contributed by atoms with van der Waals surface area (Å²) in [6.45, 7) is 12.8. The minimum absolute atomic E-state index is 0.171. The van der Waals surface area contributed by atoms with Crippen LogP contribution in [0.4, 0.5) is 5.82 Å². The summed E-state index contributed by atoms with van der Waals surface area (Å²) >= 11 is 0. The fraction of sp³-hybridized carbons (Fsp3) is 0.667. The van der Waals surface area contributed by atoms with Crippen LogP contribution in [0.5, 0.6) is 0 Å². The first-order chi connectivity index (χ1) is 8.71. The lowest BCUT2D eigenvalue weighted by Gasteiger charge is -2.47. The molecule has 0 atom stereocenters. The van der Waals surface area contributed by atoms with E-state index >= 15 is 0 Å². The molecule has 4 heteroatoms. The van der Waals surface area contributed by atoms with Gasteiger partial charge in [-0.15, -0.1) is 0 Å². The van der Waals surface area contributed by atoms with Crippen molar-refractivity contribution in [3.63, 3.8) is 0 Å². The van der Waals surface area contributed by atoms with Gasteiger partial charge in [0.2, 0.25) is 0 Å². The molecule has 1 aromatic heterocycles. The van der Waals surface area contributed by atoms with Gasteiger partial charge in [-0.05, 0) is 52.3 Å². The third-order valence-corrected chi connectivity index (χ3v) is 3.26. The summed E-state index contributed by atoms with van der Waals surface area (Å²) in [4.78, 5) is 6.95. The van der Waals surface area contributed by atoms with E-state index in [1.54, 1.807) is 0 Å². The maximum Gasteiger partial charge on any atom is 0.129 e. The van der Waals surface area contributed by atoms with Crippen molar-refractivity contribution in [3.05, 3.63) is 23.4 Å². The molecule has 1 aliphatic heterocycles. The van der Waals surface area contributed by atoms with E-state index in [0.717, 1.165) is 30.2 Å². The van der Waals surface area contributed by atoms with E-state index in [1.165, 1.54) is 0 Å². The highest BCUT2D eigenvalue weighted by Crippen LogP contribution is 2.31. The minimum atomic E-state index is -0.171. The zero-order valence-corrected chi connectivity index (χ0v) is 12.7. The molecule has 1 saturated heterocycles. The smallest absolute Gasteiger partial charge is 0.129 e. The molecule has 2 N–H and O–H groups in total. The fourth-order valence-electron chi connectivity index (χ4n) is 2.95. The SMILES string of the molecule is Cc1cc(CN)cc(N2CC(C)(C)OC(C)(C)C2)n1. The number of hydrogen-bond donors (Lipinski definition) is 1. The zero-order chi connectivity index (χ0) is 14.3. The van der Waals surface area contributed by atoms with Crippen molar-refractivity contribution >= 4 is 5.82 Å². The van der Waals surface area contributed by atoms with Gasteiger partial charge < -0.3 is 15.4 Å². The Bertz CT molecular complexity index is 452. The van der Waals surface area contributed by atoms with Crippen LogP contribution in [0.3, 0.4) is 0 Å². The number of aryl methyl sites for hydroxylation is 1. The number of nitrogens with two attached hydrogens (primary N) is 1. The van der Waals surface area contributed by atoms with Gasteiger partial charge in [0.1, 0.15) is 5.82 Å². The van der Waals surface area contributed by atoms with Gasteiger partial charge in [-0.1, -0.05) is 0 Å². The molecule has 0 unspecified atom stereocenters. The highest BCUT2D eigenvalue weighted by Gasteiger charge is 2.38. The van der Waals surface area contributed by atoms with Crippen molar-refractivity contribution in [1.29, 1.82) is 0 Å². The molecule has 2 rings (SSSR count). The molecule has 1 aromatic rings. The van der Waals surface area contributed by atoms with Gasteiger partial charge in [-0.25, -0.2) is 4.98 Å². The van der Waals surface area contributed by atoms with Crippen molar-refractivity contribution in [2.45, 2.75) is 52.4 Å². The Labute approximate surface area is 116 Å². The summed E-state index contributed by atoms with van der Waals surface area (Å²) in [6, 6.07) is 4.13. The number of pyridine rings is 1. The fourth-order valence-corrected chi connectivity index (χ4v) is 2.95. The summed E-state index contributed by atoms with van der Waals surface area (Å²) < 4.78 is 6.11. The van der Waals surface area contributed by atoms with E-state index < -0.39 is 0 Å². The molecule has 0 saturated carbocycles. The van der Waals surface area contributed by atoms with E-state index in [2.05, 4.69) is 43.6 Å². The molecular formula is C15H25N3O. The summed E-state index contributed by atoms with van der Waals surface area (Å²) in [7, 11) is 0. The van der Waals surface area contributed by atoms with E-state index in [-0.39, 0.29) is 11.2 Å². The van der Waals surface area contributed by atoms with Gasteiger partial charge in [0.25, 0.3) is 0 Å². The van der Waals surface area contributed by atoms with Crippen LogP contribution < -0.4 is 10.6 Å². The second-order valence-electron chi connectivity index (χ2n) is 6.66. The van der Waals surface area contributed by atoms with Crippen molar-refractivity contribution in [1.82, 2.24) is 4.98 Å². The van der Waals surface area contributed by atoms with Crippen molar-refractivity contribution in [3.8, 4) is 0 Å². The predicted octanol–water partition coefficient (Wildman–Crippen LogP) is 2.24. The molecule has 1 aliphatic rings. The van der Waals surface area contributed by atoms with E-state index in [0.29, 0.717) is 6.54 Å². The summed E-state index contributed by atoms with van der Waals surface area (Å²) in [5.41, 5.74) is 7.55. The van der Waals surface area contributed by atoms with Crippen LogP contribution in [0, 0.1) is 6.92 Å². The lowest BCUT2D eigenvalue weighted by molar-refractivity contribution is -0.133. The number of hydrogen-bond acceptors (Lipinski definition) is 4. The molecule has 106 valence electrons. The summed E-state index contributed by atoms with van der Waals surface area (Å²) in [5, 5.41) is 0. The standard InChI is InChI=1S/C15H25N3O/c1-11-6-12(8-16)7-13(17-11)18-9-14(2,3)19-15(4,5)10-18/h6-7H,8-10,16H2,1-5H3. The van der Waals surface area contributed by atoms with Crippen LogP contribution in [-0.2, 0) is 11.3 Å². The molecule has 1 fully saturated rings. The predicted molar refractivity (Wildman–Crippen MR) is 78.3 cm³/mol. The average molecular weight is 263 g/mol. The lowest BCUT2D eigenvalue weighted by atomic mass is 9.99. The molecule has 0 bridgehead atoms. The first-order valence-electron chi connectivity index (χ1n) is 6.84. The highest BCUT2D eigenvalue weighted by atomic mass is 16.5. The Hall–Kier alpha value is -1.13. The molecule has 4 nitrogen and oxygen atoms in total. The van der Waals surface area contributed by atoms with Crippen LogP contribution in [0.1, 0.15) is 39.0 Å². The van der Waals surface area contributed by atoms with Gasteiger partial charge in [0, 0.05) is 25.3 Å². The zero-order valence-electron chi connectivity index (χ0n) is 12.7. The number of nitrogens with zero attached hydrogens (tertiary/aromatic N) is 2. The van der Waals surface area contributed by atoms with Gasteiger partial charge in [0.05, 0.1) is 11.2 Å². The minimum Gasteiger partial charge on any atom is -0.366 e. The lowest BCUT2D eigenvalue weighted by Crippen LogP contribution is -2.57. The Morgan fingerprint density at radius 1 is 1.21 bits per heavy atom. The maximum absolute atomic E-state index is 6.11. The summed E-state index contributed by atoms with van der Waals surface area (Å²) in [6.07, 6.45) is 0. The van der Waals surface area contributed by atoms with Gasteiger partial charge in [-0.3, -0.25) is 0 Å². The van der Waals surface area contributed by atoms with E-state index in [9.17, 15) is 0 Å². The highest BCUT2D eigenvalue weighted by molar-refractivity contribution is 5.44. The number of ether oxygens (including phenoxy) is 1. The van der Waals surface area contributed by atoms with Crippen molar-refractivity contribution < 1.29 is 4.74 Å². The molecule has 2 heterocycles. The third-order valence-electron chi connectivity index (χ3n) is 3.26. The van der Waals surface area contributed by atoms with Crippen molar-refractivity contribution in [2.75, 3.05) is 18.0 Å². The van der Waals surface area contributed by atoms with Gasteiger partial charge >= 0.3 is 0 Å². The molecular weight excluding hydrogens is 238 g/mol. The quantitative estimate of drug-likeness (QED) is 0.889. The van der Waals surface area contributed by atoms with Crippen LogP contribution in [0.25, 0.3) is 0 Å². The topological polar surface area (TPSA) is 51.4 Å². The van der Waals surface area contributed by atoms with Crippen LogP contribution in [-0.4, -0.2) is 29.3 Å². The molecule has 0 radical (unpaired) electrons. The Kier molecular flexibility index (Phi) is 3.58. The van der Waals surface area contributed by atoms with Crippen LogP contribution in [0.15, 0.2) is 12.1 Å². The van der Waals surface area contributed by atoms with Gasteiger partial charge in [-0.2, -0.15) is 0 Å². The average Bonchev–Trinajstić information content (AvgIpc) is 2.24. The summed E-state index contributed by atoms with van der Waals surface area (Å²) in [5.74, 6) is 1.00. The van der Waals surface area contributed by atoms with E-state index in [1.807, 2.05) is 13.0 Å². The third kappa shape index (κ3) is 3.45. The Morgan fingerprint density at radius 2 is 1.79 bits per heavy atom.